The zero-order chi connectivity index (χ0) is 28.3. The van der Waals surface area contributed by atoms with Crippen molar-refractivity contribution >= 4 is 33.6 Å². The lowest BCUT2D eigenvalue weighted by molar-refractivity contribution is -0.137. The molecule has 0 saturated heterocycles. The van der Waals surface area contributed by atoms with Crippen LogP contribution in [0.25, 0.3) is 6.08 Å². The van der Waals surface area contributed by atoms with Crippen LogP contribution >= 0.6 is 11.6 Å². The first-order valence-electron chi connectivity index (χ1n) is 11.8. The molecule has 0 fully saturated rings. The molecule has 2 aromatic rings. The maximum Gasteiger partial charge on any atom is 0.417 e. The van der Waals surface area contributed by atoms with Crippen LogP contribution in [0.1, 0.15) is 50.7 Å². The number of nitrogens with zero attached hydrogens (tertiary/aromatic N) is 1. The predicted molar refractivity (Wildman–Crippen MR) is 138 cm³/mol. The number of benzene rings is 1. The molecular formula is C25H30ClF3N2O6S. The van der Waals surface area contributed by atoms with Crippen molar-refractivity contribution in [2.24, 2.45) is 0 Å². The summed E-state index contributed by atoms with van der Waals surface area (Å²) in [5.41, 5.74) is -0.595. The Bertz CT molecular complexity index is 1240. The second-order valence-corrected chi connectivity index (χ2v) is 10.4. The van der Waals surface area contributed by atoms with Crippen molar-refractivity contribution in [2.45, 2.75) is 45.7 Å². The van der Waals surface area contributed by atoms with E-state index in [0.717, 1.165) is 6.42 Å². The van der Waals surface area contributed by atoms with Crippen molar-refractivity contribution in [3.05, 3.63) is 52.2 Å². The summed E-state index contributed by atoms with van der Waals surface area (Å²) in [6.45, 7) is 4.12. The minimum atomic E-state index is -4.64. The summed E-state index contributed by atoms with van der Waals surface area (Å²) in [4.78, 5) is 16.4. The molecule has 0 radical (unpaired) electrons. The van der Waals surface area contributed by atoms with Crippen LogP contribution in [0.3, 0.4) is 0 Å². The van der Waals surface area contributed by atoms with Crippen molar-refractivity contribution in [2.75, 3.05) is 26.1 Å². The Hall–Kier alpha value is -2.83. The number of rotatable bonds is 14. The second kappa shape index (κ2) is 14.4. The second-order valence-electron chi connectivity index (χ2n) is 8.13. The van der Waals surface area contributed by atoms with Gasteiger partial charge in [-0.2, -0.15) is 13.2 Å². The summed E-state index contributed by atoms with van der Waals surface area (Å²) < 4.78 is 81.9. The molecule has 1 amide bonds. The van der Waals surface area contributed by atoms with Gasteiger partial charge in [0.25, 0.3) is 5.91 Å². The van der Waals surface area contributed by atoms with Gasteiger partial charge in [-0.25, -0.2) is 18.1 Å². The number of carbonyl (C=O) groups is 1. The van der Waals surface area contributed by atoms with Gasteiger partial charge in [0, 0.05) is 30.5 Å². The van der Waals surface area contributed by atoms with Crippen LogP contribution in [0.4, 0.5) is 13.2 Å². The van der Waals surface area contributed by atoms with Gasteiger partial charge in [-0.15, -0.1) is 0 Å². The smallest absolute Gasteiger partial charge is 0.417 e. The van der Waals surface area contributed by atoms with Gasteiger partial charge in [-0.05, 0) is 37.1 Å². The lowest BCUT2D eigenvalue weighted by Gasteiger charge is -2.14. The highest BCUT2D eigenvalue weighted by atomic mass is 35.5. The van der Waals surface area contributed by atoms with Gasteiger partial charge < -0.3 is 14.2 Å². The SMILES string of the molecule is CCCCCS(=O)(=O)NC(=O)/C(=C/c1ccc(OCCOC)cc1Oc1ncc(C(F)(F)F)cc1Cl)CC. The largest absolute Gasteiger partial charge is 0.491 e. The molecule has 13 heteroatoms. The third kappa shape index (κ3) is 9.80. The molecule has 2 rings (SSSR count). The Morgan fingerprint density at radius 1 is 1.16 bits per heavy atom. The molecule has 1 N–H and O–H groups in total. The molecule has 0 bridgehead atoms. The minimum absolute atomic E-state index is 0.0682. The molecule has 8 nitrogen and oxygen atoms in total. The van der Waals surface area contributed by atoms with Crippen LogP contribution in [0.2, 0.25) is 5.02 Å². The van der Waals surface area contributed by atoms with Gasteiger partial charge in [-0.1, -0.05) is 38.3 Å². The number of nitrogens with one attached hydrogen (secondary N) is 1. The van der Waals surface area contributed by atoms with Gasteiger partial charge in [0.05, 0.1) is 17.9 Å². The molecule has 0 unspecified atom stereocenters. The van der Waals surface area contributed by atoms with Crippen molar-refractivity contribution < 1.29 is 40.6 Å². The first-order valence-corrected chi connectivity index (χ1v) is 13.8. The van der Waals surface area contributed by atoms with Gasteiger partial charge in [-0.3, -0.25) is 4.79 Å². The fourth-order valence-corrected chi connectivity index (χ4v) is 4.44. The van der Waals surface area contributed by atoms with Gasteiger partial charge in [0.1, 0.15) is 23.1 Å². The van der Waals surface area contributed by atoms with Gasteiger partial charge in [0.15, 0.2) is 0 Å². The normalized spacial score (nSPS) is 12.3. The number of alkyl halides is 3. The van der Waals surface area contributed by atoms with Crippen molar-refractivity contribution in [3.63, 3.8) is 0 Å². The van der Waals surface area contributed by atoms with Crippen molar-refractivity contribution in [1.82, 2.24) is 9.71 Å². The Morgan fingerprint density at radius 3 is 2.50 bits per heavy atom. The van der Waals surface area contributed by atoms with Gasteiger partial charge >= 0.3 is 6.18 Å². The van der Waals surface area contributed by atoms with Crippen LogP contribution in [-0.4, -0.2) is 45.4 Å². The van der Waals surface area contributed by atoms with E-state index in [1.807, 2.05) is 6.92 Å². The topological polar surface area (TPSA) is 104 Å². The summed E-state index contributed by atoms with van der Waals surface area (Å²) >= 11 is 6.01. The Labute approximate surface area is 225 Å². The fourth-order valence-electron chi connectivity index (χ4n) is 3.13. The molecule has 0 aliphatic carbocycles. The van der Waals surface area contributed by atoms with E-state index >= 15 is 0 Å². The average molecular weight is 579 g/mol. The standard InChI is InChI=1S/C25H30ClF3N2O6S/c1-4-6-7-12-38(33,34)31-23(32)17(5-2)13-18-8-9-20(36-11-10-35-3)15-22(18)37-24-21(26)14-19(16-30-24)25(27,28)29/h8-9,13-16H,4-7,10-12H2,1-3H3,(H,31,32)/b17-13+. The number of aromatic nitrogens is 1. The molecule has 210 valence electrons. The first kappa shape index (κ1) is 31.4. The molecule has 0 saturated carbocycles. The number of amides is 1. The molecule has 1 aromatic heterocycles. The lowest BCUT2D eigenvalue weighted by Crippen LogP contribution is -2.33. The molecule has 0 aliphatic heterocycles. The van der Waals surface area contributed by atoms with Crippen LogP contribution in [0, 0.1) is 0 Å². The Morgan fingerprint density at radius 2 is 1.89 bits per heavy atom. The molecule has 38 heavy (non-hydrogen) atoms. The third-order valence-corrected chi connectivity index (χ3v) is 6.74. The summed E-state index contributed by atoms with van der Waals surface area (Å²) in [6.07, 6.45) is -0.485. The molecule has 1 aromatic carbocycles. The zero-order valence-electron chi connectivity index (χ0n) is 21.2. The highest BCUT2D eigenvalue weighted by Gasteiger charge is 2.32. The number of hydrogen-bond acceptors (Lipinski definition) is 7. The number of halogens is 4. The third-order valence-electron chi connectivity index (χ3n) is 5.15. The van der Waals surface area contributed by atoms with Crippen LogP contribution in [0.15, 0.2) is 36.0 Å². The highest BCUT2D eigenvalue weighted by molar-refractivity contribution is 7.90. The van der Waals surface area contributed by atoms with E-state index in [-0.39, 0.29) is 41.0 Å². The highest BCUT2D eigenvalue weighted by Crippen LogP contribution is 2.37. The van der Waals surface area contributed by atoms with Crippen LogP contribution < -0.4 is 14.2 Å². The van der Waals surface area contributed by atoms with E-state index in [0.29, 0.717) is 43.0 Å². The molecular weight excluding hydrogens is 549 g/mol. The number of carbonyl (C=O) groups excluding carboxylic acids is 1. The maximum atomic E-state index is 13.0. The molecule has 1 heterocycles. The monoisotopic (exact) mass is 578 g/mol. The number of methoxy groups -OCH3 is 1. The summed E-state index contributed by atoms with van der Waals surface area (Å²) in [5.74, 6) is -0.855. The number of hydrogen-bond donors (Lipinski definition) is 1. The van der Waals surface area contributed by atoms with E-state index < -0.39 is 27.7 Å². The van der Waals surface area contributed by atoms with Gasteiger partial charge in [0.2, 0.25) is 15.9 Å². The number of unbranched alkanes of at least 4 members (excludes halogenated alkanes) is 2. The molecule has 0 aliphatic rings. The zero-order valence-corrected chi connectivity index (χ0v) is 22.8. The van der Waals surface area contributed by atoms with Crippen molar-refractivity contribution in [1.29, 1.82) is 0 Å². The number of ether oxygens (including phenoxy) is 3. The maximum absolute atomic E-state index is 13.0. The lowest BCUT2D eigenvalue weighted by atomic mass is 10.1. The number of sulfonamides is 1. The van der Waals surface area contributed by atoms with Crippen molar-refractivity contribution in [3.8, 4) is 17.4 Å². The van der Waals surface area contributed by atoms with E-state index in [4.69, 9.17) is 25.8 Å². The quantitative estimate of drug-likeness (QED) is 0.216. The minimum Gasteiger partial charge on any atom is -0.491 e. The van der Waals surface area contributed by atoms with E-state index in [2.05, 4.69) is 9.71 Å². The Balaban J connectivity index is 2.41. The number of pyridine rings is 1. The molecule has 0 atom stereocenters. The Kier molecular flexibility index (Phi) is 11.9. The van der Waals surface area contributed by atoms with Crippen LogP contribution in [0.5, 0.6) is 17.4 Å². The first-order chi connectivity index (χ1) is 17.9. The van der Waals surface area contributed by atoms with E-state index in [1.54, 1.807) is 19.1 Å². The predicted octanol–water partition coefficient (Wildman–Crippen LogP) is 6.00. The van der Waals surface area contributed by atoms with E-state index in [9.17, 15) is 26.4 Å². The van der Waals surface area contributed by atoms with E-state index in [1.165, 1.54) is 19.3 Å². The summed E-state index contributed by atoms with van der Waals surface area (Å²) in [7, 11) is -2.32. The fraction of sp³-hybridized carbons (Fsp3) is 0.440. The molecule has 0 spiro atoms. The summed E-state index contributed by atoms with van der Waals surface area (Å²) in [6, 6.07) is 5.27. The average Bonchev–Trinajstić information content (AvgIpc) is 2.84. The van der Waals surface area contributed by atoms with Crippen LogP contribution in [-0.2, 0) is 25.7 Å². The summed E-state index contributed by atoms with van der Waals surface area (Å²) in [5, 5.41) is -0.382.